The maximum Gasteiger partial charge on any atom is 0.326 e. The van der Waals surface area contributed by atoms with Crippen molar-refractivity contribution >= 4 is 35.6 Å². The Labute approximate surface area is 223 Å². The minimum absolute atomic E-state index is 0.0459. The van der Waals surface area contributed by atoms with Crippen molar-refractivity contribution < 1.29 is 24.3 Å². The number of carbonyl (C=O) groups is 4. The Hall–Kier alpha value is -3.62. The molecular formula is C23H44N10O5. The lowest BCUT2D eigenvalue weighted by molar-refractivity contribution is -0.145. The summed E-state index contributed by atoms with van der Waals surface area (Å²) in [6.07, 6.45) is 2.56. The summed E-state index contributed by atoms with van der Waals surface area (Å²) in [6, 6.07) is -3.74. The van der Waals surface area contributed by atoms with Crippen LogP contribution in [0.3, 0.4) is 0 Å². The van der Waals surface area contributed by atoms with Gasteiger partial charge in [0.1, 0.15) is 18.1 Å². The molecule has 1 aliphatic heterocycles. The molecule has 15 nitrogen and oxygen atoms in total. The molecule has 1 fully saturated rings. The highest BCUT2D eigenvalue weighted by Crippen LogP contribution is 2.21. The number of nitrogens with zero attached hydrogens (tertiary/aromatic N) is 3. The Bertz CT molecular complexity index is 871. The van der Waals surface area contributed by atoms with E-state index >= 15 is 0 Å². The van der Waals surface area contributed by atoms with Crippen LogP contribution >= 0.6 is 0 Å². The lowest BCUT2D eigenvalue weighted by Crippen LogP contribution is -2.57. The van der Waals surface area contributed by atoms with Gasteiger partial charge in [-0.3, -0.25) is 24.4 Å². The predicted octanol–water partition coefficient (Wildman–Crippen LogP) is -2.49. The summed E-state index contributed by atoms with van der Waals surface area (Å²) in [5, 5.41) is 14.8. The number of hydrogen-bond donors (Lipinski definition) is 8. The Morgan fingerprint density at radius 1 is 0.947 bits per heavy atom. The topological polar surface area (TPSA) is 271 Å². The van der Waals surface area contributed by atoms with Gasteiger partial charge in [-0.2, -0.15) is 0 Å². The van der Waals surface area contributed by atoms with Crippen LogP contribution in [0.5, 0.6) is 0 Å². The average molecular weight is 541 g/mol. The normalized spacial score (nSPS) is 17.3. The van der Waals surface area contributed by atoms with Crippen molar-refractivity contribution in [2.45, 2.75) is 83.0 Å². The fraction of sp³-hybridized carbons (Fsp3) is 0.739. The maximum atomic E-state index is 13.5. The van der Waals surface area contributed by atoms with Crippen LogP contribution in [0.1, 0.15) is 58.8 Å². The molecule has 0 unspecified atom stereocenters. The number of carboxylic acids is 1. The Balaban J connectivity index is 2.85. The van der Waals surface area contributed by atoms with Gasteiger partial charge < -0.3 is 49.3 Å². The Morgan fingerprint density at radius 3 is 2.05 bits per heavy atom. The second-order valence-electron chi connectivity index (χ2n) is 9.78. The molecule has 216 valence electrons. The van der Waals surface area contributed by atoms with Crippen LogP contribution in [-0.4, -0.2) is 89.4 Å². The summed E-state index contributed by atoms with van der Waals surface area (Å²) in [4.78, 5) is 60.0. The van der Waals surface area contributed by atoms with Crippen molar-refractivity contribution in [1.82, 2.24) is 15.5 Å². The van der Waals surface area contributed by atoms with E-state index in [1.807, 2.05) is 13.8 Å². The molecule has 0 aromatic rings. The van der Waals surface area contributed by atoms with E-state index < -0.39 is 47.9 Å². The van der Waals surface area contributed by atoms with E-state index in [0.717, 1.165) is 0 Å². The first-order valence-corrected chi connectivity index (χ1v) is 12.8. The number of carboxylic acid groups (broad SMARTS) is 1. The summed E-state index contributed by atoms with van der Waals surface area (Å²) < 4.78 is 0. The van der Waals surface area contributed by atoms with Gasteiger partial charge in [0.05, 0.1) is 6.04 Å². The maximum absolute atomic E-state index is 13.5. The zero-order valence-electron chi connectivity index (χ0n) is 22.3. The molecule has 1 heterocycles. The summed E-state index contributed by atoms with van der Waals surface area (Å²) in [5.74, 6) is -2.73. The molecule has 0 aromatic heterocycles. The van der Waals surface area contributed by atoms with E-state index in [2.05, 4.69) is 20.6 Å². The van der Waals surface area contributed by atoms with Gasteiger partial charge in [-0.05, 0) is 50.9 Å². The molecule has 38 heavy (non-hydrogen) atoms. The monoisotopic (exact) mass is 540 g/mol. The van der Waals surface area contributed by atoms with E-state index in [1.165, 1.54) is 4.90 Å². The van der Waals surface area contributed by atoms with Crippen molar-refractivity contribution in [3.05, 3.63) is 0 Å². The highest BCUT2D eigenvalue weighted by atomic mass is 16.4. The molecule has 15 heteroatoms. The lowest BCUT2D eigenvalue weighted by atomic mass is 10.0. The average Bonchev–Trinajstić information content (AvgIpc) is 3.31. The number of aliphatic carboxylic acids is 1. The molecule has 4 atom stereocenters. The minimum atomic E-state index is -1.20. The molecular weight excluding hydrogens is 496 g/mol. The number of aliphatic imine (C=N–C) groups is 2. The molecule has 0 aromatic carbocycles. The van der Waals surface area contributed by atoms with E-state index in [9.17, 15) is 24.3 Å². The number of likely N-dealkylation sites (tertiary alicyclic amines) is 1. The molecule has 0 radical (unpaired) electrons. The number of carbonyl (C=O) groups excluding carboxylic acids is 3. The van der Waals surface area contributed by atoms with Crippen LogP contribution < -0.4 is 39.3 Å². The molecule has 1 saturated heterocycles. The lowest BCUT2D eigenvalue weighted by Gasteiger charge is -2.30. The zero-order valence-corrected chi connectivity index (χ0v) is 22.3. The van der Waals surface area contributed by atoms with E-state index in [-0.39, 0.29) is 30.8 Å². The minimum Gasteiger partial charge on any atom is -0.480 e. The number of amides is 3. The van der Waals surface area contributed by atoms with Crippen molar-refractivity contribution in [2.24, 2.45) is 44.6 Å². The molecule has 0 aliphatic carbocycles. The number of nitrogens with one attached hydrogen (secondary N) is 2. The standard InChI is InChI=1S/C23H44N10O5/c1-13(2)12-16(32-18(34)14(24)6-3-9-29-22(25)26)20(36)33-11-5-8-17(33)19(35)31-15(21(37)38)7-4-10-30-23(27)28/h13-17H,3-12,24H2,1-2H3,(H,31,35)(H,32,34)(H,37,38)(H4,25,26,29)(H4,27,28,30)/t14-,15-,16-,17-/m0/s1. The zero-order chi connectivity index (χ0) is 28.8. The first kappa shape index (κ1) is 32.4. The summed E-state index contributed by atoms with van der Waals surface area (Å²) in [6.45, 7) is 4.69. The van der Waals surface area contributed by atoms with E-state index in [1.54, 1.807) is 0 Å². The first-order chi connectivity index (χ1) is 17.8. The summed E-state index contributed by atoms with van der Waals surface area (Å²) in [5.41, 5.74) is 27.1. The van der Waals surface area contributed by atoms with E-state index in [4.69, 9.17) is 28.7 Å². The number of guanidine groups is 2. The fourth-order valence-corrected chi connectivity index (χ4v) is 4.15. The third kappa shape index (κ3) is 11.6. The highest BCUT2D eigenvalue weighted by Gasteiger charge is 2.39. The quantitative estimate of drug-likeness (QED) is 0.0579. The van der Waals surface area contributed by atoms with Crippen molar-refractivity contribution in [1.29, 1.82) is 0 Å². The van der Waals surface area contributed by atoms with Gasteiger partial charge in [-0.15, -0.1) is 0 Å². The molecule has 1 aliphatic rings. The number of hydrogen-bond acceptors (Lipinski definition) is 7. The fourth-order valence-electron chi connectivity index (χ4n) is 4.15. The van der Waals surface area contributed by atoms with Crippen LogP contribution in [0.4, 0.5) is 0 Å². The van der Waals surface area contributed by atoms with E-state index in [0.29, 0.717) is 51.6 Å². The van der Waals surface area contributed by atoms with Crippen molar-refractivity contribution in [3.63, 3.8) is 0 Å². The largest absolute Gasteiger partial charge is 0.480 e. The molecule has 0 bridgehead atoms. The van der Waals surface area contributed by atoms with Gasteiger partial charge in [0, 0.05) is 19.6 Å². The smallest absolute Gasteiger partial charge is 0.326 e. The number of rotatable bonds is 16. The van der Waals surface area contributed by atoms with Gasteiger partial charge in [0.2, 0.25) is 17.7 Å². The van der Waals surface area contributed by atoms with Crippen molar-refractivity contribution in [2.75, 3.05) is 19.6 Å². The third-order valence-electron chi connectivity index (χ3n) is 6.02. The van der Waals surface area contributed by atoms with Crippen LogP contribution in [-0.2, 0) is 19.2 Å². The second kappa shape index (κ2) is 16.3. The van der Waals surface area contributed by atoms with Crippen LogP contribution in [0.2, 0.25) is 0 Å². The van der Waals surface area contributed by atoms with Crippen LogP contribution in [0, 0.1) is 5.92 Å². The SMILES string of the molecule is CC(C)C[C@H](NC(=O)[C@@H](N)CCCN=C(N)N)C(=O)N1CCC[C@H]1C(=O)N[C@@H](CCCN=C(N)N)C(=O)O. The van der Waals surface area contributed by atoms with Gasteiger partial charge in [-0.25, -0.2) is 4.79 Å². The molecule has 1 rings (SSSR count). The van der Waals surface area contributed by atoms with Gasteiger partial charge in [-0.1, -0.05) is 13.8 Å². The van der Waals surface area contributed by atoms with Gasteiger partial charge >= 0.3 is 5.97 Å². The summed E-state index contributed by atoms with van der Waals surface area (Å²) >= 11 is 0. The molecule has 0 saturated carbocycles. The van der Waals surface area contributed by atoms with Crippen LogP contribution in [0.15, 0.2) is 9.98 Å². The Kier molecular flexibility index (Phi) is 13.9. The third-order valence-corrected chi connectivity index (χ3v) is 6.02. The van der Waals surface area contributed by atoms with Gasteiger partial charge in [0.25, 0.3) is 0 Å². The van der Waals surface area contributed by atoms with Gasteiger partial charge in [0.15, 0.2) is 11.9 Å². The molecule has 13 N–H and O–H groups in total. The summed E-state index contributed by atoms with van der Waals surface area (Å²) in [7, 11) is 0. The molecule has 3 amide bonds. The van der Waals surface area contributed by atoms with Crippen molar-refractivity contribution in [3.8, 4) is 0 Å². The number of nitrogens with two attached hydrogens (primary N) is 5. The second-order valence-corrected chi connectivity index (χ2v) is 9.78. The van der Waals surface area contributed by atoms with Crippen LogP contribution in [0.25, 0.3) is 0 Å². The highest BCUT2D eigenvalue weighted by molar-refractivity contribution is 5.94. The Morgan fingerprint density at radius 2 is 1.53 bits per heavy atom. The predicted molar refractivity (Wildman–Crippen MR) is 143 cm³/mol. The first-order valence-electron chi connectivity index (χ1n) is 12.8. The molecule has 0 spiro atoms.